The maximum Gasteiger partial charge on any atom is 0.231 e. The molecule has 100 valence electrons. The van der Waals surface area contributed by atoms with Gasteiger partial charge in [-0.1, -0.05) is 39.8 Å². The largest absolute Gasteiger partial charge is 0.409 e. The van der Waals surface area contributed by atoms with Crippen LogP contribution in [0.3, 0.4) is 0 Å². The van der Waals surface area contributed by atoms with Crippen molar-refractivity contribution < 1.29 is 10.0 Å². The first kappa shape index (κ1) is 15.7. The minimum Gasteiger partial charge on any atom is -0.409 e. The van der Waals surface area contributed by atoms with Crippen LogP contribution in [0.5, 0.6) is 0 Å². The van der Waals surface area contributed by atoms with E-state index in [-0.39, 0.29) is 23.1 Å². The van der Waals surface area contributed by atoms with E-state index in [0.717, 1.165) is 6.42 Å². The molecule has 0 aromatic rings. The third-order valence-corrected chi connectivity index (χ3v) is 3.08. The topological polar surface area (TPSA) is 87.7 Å². The molecule has 5 nitrogen and oxygen atoms in total. The second-order valence-corrected chi connectivity index (χ2v) is 5.48. The Kier molecular flexibility index (Phi) is 5.99. The van der Waals surface area contributed by atoms with Crippen LogP contribution >= 0.6 is 0 Å². The number of nitrogens with zero attached hydrogens (tertiary/aromatic N) is 1. The molecule has 0 saturated heterocycles. The van der Waals surface area contributed by atoms with Gasteiger partial charge < -0.3 is 16.3 Å². The predicted molar refractivity (Wildman–Crippen MR) is 68.8 cm³/mol. The van der Waals surface area contributed by atoms with Crippen molar-refractivity contribution in [2.75, 3.05) is 6.54 Å². The van der Waals surface area contributed by atoms with E-state index >= 15 is 0 Å². The molecule has 0 aliphatic carbocycles. The Morgan fingerprint density at radius 2 is 2.00 bits per heavy atom. The third kappa shape index (κ3) is 5.06. The normalized spacial score (nSPS) is 14.8. The van der Waals surface area contributed by atoms with Crippen molar-refractivity contribution >= 4 is 11.7 Å². The molecule has 17 heavy (non-hydrogen) atoms. The fraction of sp³-hybridized carbons (Fsp3) is 0.833. The number of amidine groups is 1. The van der Waals surface area contributed by atoms with Crippen LogP contribution in [0.4, 0.5) is 0 Å². The molecule has 0 aliphatic heterocycles. The number of rotatable bonds is 6. The standard InChI is InChI=1S/C12H25N3O2/c1-6-12(4,5)7-14-11(16)9(8(2)3)10(13)15-17/h8-9,17H,6-7H2,1-5H3,(H2,13,15)(H,14,16). The fourth-order valence-electron chi connectivity index (χ4n) is 1.40. The number of hydrogen-bond acceptors (Lipinski definition) is 3. The second kappa shape index (κ2) is 6.47. The molecule has 5 heteroatoms. The lowest BCUT2D eigenvalue weighted by Crippen LogP contribution is -2.44. The van der Waals surface area contributed by atoms with E-state index < -0.39 is 5.92 Å². The summed E-state index contributed by atoms with van der Waals surface area (Å²) < 4.78 is 0. The van der Waals surface area contributed by atoms with Gasteiger partial charge in [0.25, 0.3) is 0 Å². The Morgan fingerprint density at radius 3 is 2.35 bits per heavy atom. The minimum atomic E-state index is -0.576. The Hall–Kier alpha value is -1.26. The number of amides is 1. The van der Waals surface area contributed by atoms with Crippen LogP contribution < -0.4 is 11.1 Å². The Bertz CT molecular complexity index is 285. The molecule has 0 aromatic heterocycles. The number of nitrogens with two attached hydrogens (primary N) is 1. The van der Waals surface area contributed by atoms with Crippen molar-refractivity contribution in [3.8, 4) is 0 Å². The molecule has 0 fully saturated rings. The number of carbonyl (C=O) groups is 1. The number of oxime groups is 1. The summed E-state index contributed by atoms with van der Waals surface area (Å²) in [7, 11) is 0. The summed E-state index contributed by atoms with van der Waals surface area (Å²) in [5, 5.41) is 14.4. The molecule has 0 radical (unpaired) electrons. The number of carbonyl (C=O) groups excluding carboxylic acids is 1. The van der Waals surface area contributed by atoms with E-state index in [2.05, 4.69) is 31.2 Å². The SMILES string of the molecule is CCC(C)(C)CNC(=O)C(C(N)=NO)C(C)C. The fourth-order valence-corrected chi connectivity index (χ4v) is 1.40. The molecule has 0 rings (SSSR count). The van der Waals surface area contributed by atoms with Crippen LogP contribution in [0.1, 0.15) is 41.0 Å². The highest BCUT2D eigenvalue weighted by molar-refractivity contribution is 6.02. The van der Waals surface area contributed by atoms with Gasteiger partial charge in [-0.3, -0.25) is 4.79 Å². The lowest BCUT2D eigenvalue weighted by atomic mass is 9.89. The van der Waals surface area contributed by atoms with E-state index in [4.69, 9.17) is 10.9 Å². The van der Waals surface area contributed by atoms with E-state index in [1.165, 1.54) is 0 Å². The average Bonchev–Trinajstić information content (AvgIpc) is 2.26. The van der Waals surface area contributed by atoms with Gasteiger partial charge in [0.2, 0.25) is 5.91 Å². The van der Waals surface area contributed by atoms with Gasteiger partial charge in [-0.15, -0.1) is 0 Å². The van der Waals surface area contributed by atoms with Crippen LogP contribution in [-0.4, -0.2) is 23.5 Å². The van der Waals surface area contributed by atoms with Crippen LogP contribution in [0.15, 0.2) is 5.16 Å². The Labute approximate surface area is 103 Å². The highest BCUT2D eigenvalue weighted by Gasteiger charge is 2.27. The first-order chi connectivity index (χ1) is 7.75. The van der Waals surface area contributed by atoms with Gasteiger partial charge in [-0.05, 0) is 17.8 Å². The molecule has 1 atom stereocenters. The molecule has 0 bridgehead atoms. The predicted octanol–water partition coefficient (Wildman–Crippen LogP) is 1.56. The van der Waals surface area contributed by atoms with Gasteiger partial charge in [0.15, 0.2) is 5.84 Å². The lowest BCUT2D eigenvalue weighted by molar-refractivity contribution is -0.124. The van der Waals surface area contributed by atoms with Crippen molar-refractivity contribution in [1.82, 2.24) is 5.32 Å². The average molecular weight is 243 g/mol. The van der Waals surface area contributed by atoms with Gasteiger partial charge in [-0.2, -0.15) is 0 Å². The zero-order valence-corrected chi connectivity index (χ0v) is 11.4. The summed E-state index contributed by atoms with van der Waals surface area (Å²) in [6.07, 6.45) is 0.975. The van der Waals surface area contributed by atoms with Crippen LogP contribution in [-0.2, 0) is 4.79 Å². The number of nitrogens with one attached hydrogen (secondary N) is 1. The first-order valence-corrected chi connectivity index (χ1v) is 6.00. The monoisotopic (exact) mass is 243 g/mol. The summed E-state index contributed by atoms with van der Waals surface area (Å²) in [5.41, 5.74) is 5.59. The highest BCUT2D eigenvalue weighted by Crippen LogP contribution is 2.18. The second-order valence-electron chi connectivity index (χ2n) is 5.48. The zero-order chi connectivity index (χ0) is 13.6. The van der Waals surface area contributed by atoms with Crippen molar-refractivity contribution in [2.45, 2.75) is 41.0 Å². The van der Waals surface area contributed by atoms with Crippen molar-refractivity contribution in [3.63, 3.8) is 0 Å². The van der Waals surface area contributed by atoms with Crippen LogP contribution in [0, 0.1) is 17.3 Å². The Balaban J connectivity index is 4.56. The van der Waals surface area contributed by atoms with Crippen LogP contribution in [0.25, 0.3) is 0 Å². The molecular weight excluding hydrogens is 218 g/mol. The maximum atomic E-state index is 12.0. The van der Waals surface area contributed by atoms with Crippen molar-refractivity contribution in [3.05, 3.63) is 0 Å². The molecule has 0 heterocycles. The van der Waals surface area contributed by atoms with E-state index in [1.54, 1.807) is 0 Å². The number of hydrogen-bond donors (Lipinski definition) is 3. The molecule has 0 spiro atoms. The van der Waals surface area contributed by atoms with Gasteiger partial charge in [0, 0.05) is 6.54 Å². The highest BCUT2D eigenvalue weighted by atomic mass is 16.4. The van der Waals surface area contributed by atoms with Gasteiger partial charge in [0.1, 0.15) is 5.92 Å². The molecule has 0 saturated carbocycles. The molecule has 4 N–H and O–H groups in total. The van der Waals surface area contributed by atoms with E-state index in [1.807, 2.05) is 13.8 Å². The molecule has 1 amide bonds. The van der Waals surface area contributed by atoms with Crippen molar-refractivity contribution in [2.24, 2.45) is 28.1 Å². The summed E-state index contributed by atoms with van der Waals surface area (Å²) in [5.74, 6) is -0.799. The molecule has 1 unspecified atom stereocenters. The lowest BCUT2D eigenvalue weighted by Gasteiger charge is -2.25. The molecular formula is C12H25N3O2. The third-order valence-electron chi connectivity index (χ3n) is 3.08. The first-order valence-electron chi connectivity index (χ1n) is 6.00. The molecule has 0 aromatic carbocycles. The maximum absolute atomic E-state index is 12.0. The summed E-state index contributed by atoms with van der Waals surface area (Å²) in [6, 6.07) is 0. The minimum absolute atomic E-state index is 0.00404. The summed E-state index contributed by atoms with van der Waals surface area (Å²) >= 11 is 0. The van der Waals surface area contributed by atoms with E-state index in [0.29, 0.717) is 6.54 Å². The summed E-state index contributed by atoms with van der Waals surface area (Å²) in [6.45, 7) is 10.6. The quantitative estimate of drug-likeness (QED) is 0.286. The van der Waals surface area contributed by atoms with Gasteiger partial charge in [0.05, 0.1) is 0 Å². The van der Waals surface area contributed by atoms with Gasteiger partial charge >= 0.3 is 0 Å². The smallest absolute Gasteiger partial charge is 0.231 e. The van der Waals surface area contributed by atoms with E-state index in [9.17, 15) is 4.79 Å². The molecule has 0 aliphatic rings. The summed E-state index contributed by atoms with van der Waals surface area (Å²) in [4.78, 5) is 12.0. The van der Waals surface area contributed by atoms with Crippen LogP contribution in [0.2, 0.25) is 0 Å². The Morgan fingerprint density at radius 1 is 1.47 bits per heavy atom. The van der Waals surface area contributed by atoms with Crippen molar-refractivity contribution in [1.29, 1.82) is 0 Å². The van der Waals surface area contributed by atoms with Gasteiger partial charge in [-0.25, -0.2) is 0 Å². The zero-order valence-electron chi connectivity index (χ0n) is 11.4.